The summed E-state index contributed by atoms with van der Waals surface area (Å²) in [5.41, 5.74) is -0.223. The van der Waals surface area contributed by atoms with Crippen molar-refractivity contribution in [2.45, 2.75) is 18.2 Å². The molecule has 0 aliphatic carbocycles. The van der Waals surface area contributed by atoms with Gasteiger partial charge in [-0.1, -0.05) is 22.9 Å². The van der Waals surface area contributed by atoms with Gasteiger partial charge in [0.1, 0.15) is 0 Å². The first-order chi connectivity index (χ1) is 8.88. The van der Waals surface area contributed by atoms with Gasteiger partial charge in [-0.2, -0.15) is 0 Å². The van der Waals surface area contributed by atoms with E-state index in [0.29, 0.717) is 11.1 Å². The van der Waals surface area contributed by atoms with Crippen LogP contribution >= 0.6 is 15.9 Å². The molecule has 7 heteroatoms. The quantitative estimate of drug-likeness (QED) is 0.763. The molecule has 0 radical (unpaired) electrons. The fourth-order valence-electron chi connectivity index (χ4n) is 1.46. The van der Waals surface area contributed by atoms with Gasteiger partial charge in [0.05, 0.1) is 22.8 Å². The van der Waals surface area contributed by atoms with E-state index < -0.39 is 15.8 Å². The van der Waals surface area contributed by atoms with Crippen molar-refractivity contribution in [1.82, 2.24) is 0 Å². The topological polar surface area (TPSA) is 80.7 Å². The molecule has 0 unspecified atom stereocenters. The van der Waals surface area contributed by atoms with Crippen LogP contribution in [0.4, 0.5) is 0 Å². The van der Waals surface area contributed by atoms with E-state index in [0.717, 1.165) is 6.42 Å². The smallest absolute Gasteiger partial charge is 0.337 e. The largest absolute Gasteiger partial charge is 0.478 e. The van der Waals surface area contributed by atoms with Gasteiger partial charge in [-0.25, -0.2) is 13.2 Å². The lowest BCUT2D eigenvalue weighted by molar-refractivity contribution is 0.0692. The molecule has 0 atom stereocenters. The van der Waals surface area contributed by atoms with Crippen molar-refractivity contribution in [1.29, 1.82) is 0 Å². The Morgan fingerprint density at radius 1 is 1.37 bits per heavy atom. The minimum Gasteiger partial charge on any atom is -0.478 e. The lowest BCUT2D eigenvalue weighted by Crippen LogP contribution is -2.16. The summed E-state index contributed by atoms with van der Waals surface area (Å²) in [6, 6.07) is 4.07. The van der Waals surface area contributed by atoms with Crippen LogP contribution in [0.2, 0.25) is 0 Å². The molecule has 19 heavy (non-hydrogen) atoms. The number of aromatic carboxylic acids is 1. The molecule has 0 aliphatic rings. The fourth-order valence-corrected chi connectivity index (χ4v) is 3.32. The van der Waals surface area contributed by atoms with Crippen molar-refractivity contribution in [3.05, 3.63) is 28.2 Å². The monoisotopic (exact) mass is 350 g/mol. The Bertz CT molecular complexity index is 553. The number of carboxylic acid groups (broad SMARTS) is 1. The second kappa shape index (κ2) is 7.02. The van der Waals surface area contributed by atoms with Gasteiger partial charge in [-0.15, -0.1) is 0 Å². The maximum absolute atomic E-state index is 12.1. The maximum Gasteiger partial charge on any atom is 0.337 e. The van der Waals surface area contributed by atoms with Crippen LogP contribution in [0.5, 0.6) is 0 Å². The number of sulfone groups is 1. The van der Waals surface area contributed by atoms with E-state index in [1.165, 1.54) is 18.2 Å². The molecule has 0 amide bonds. The van der Waals surface area contributed by atoms with Gasteiger partial charge in [-0.05, 0) is 24.6 Å². The average Bonchev–Trinajstić information content (AvgIpc) is 2.34. The third-order valence-electron chi connectivity index (χ3n) is 2.35. The molecule has 0 saturated heterocycles. The number of carboxylic acids is 1. The van der Waals surface area contributed by atoms with Crippen LogP contribution in [0.25, 0.3) is 0 Å². The Hall–Kier alpha value is -0.920. The van der Waals surface area contributed by atoms with Crippen molar-refractivity contribution in [3.63, 3.8) is 0 Å². The number of benzene rings is 1. The highest BCUT2D eigenvalue weighted by Gasteiger charge is 2.22. The molecule has 1 aromatic rings. The summed E-state index contributed by atoms with van der Waals surface area (Å²) in [6.07, 6.45) is 0.803. The summed E-state index contributed by atoms with van der Waals surface area (Å²) in [7, 11) is -3.67. The highest BCUT2D eigenvalue weighted by molar-refractivity contribution is 9.10. The number of hydrogen-bond donors (Lipinski definition) is 1. The molecular formula is C12H15BrO5S. The number of halogens is 1. The first-order valence-electron chi connectivity index (χ1n) is 5.72. The molecule has 106 valence electrons. The second-order valence-corrected chi connectivity index (χ2v) is 6.87. The van der Waals surface area contributed by atoms with Gasteiger partial charge in [0.15, 0.2) is 9.84 Å². The molecule has 1 N–H and O–H groups in total. The van der Waals surface area contributed by atoms with Crippen LogP contribution in [-0.2, 0) is 14.6 Å². The first kappa shape index (κ1) is 16.1. The van der Waals surface area contributed by atoms with Crippen LogP contribution in [0.15, 0.2) is 27.6 Å². The Morgan fingerprint density at radius 3 is 2.63 bits per heavy atom. The van der Waals surface area contributed by atoms with E-state index in [2.05, 4.69) is 15.9 Å². The zero-order chi connectivity index (χ0) is 14.5. The van der Waals surface area contributed by atoms with Crippen molar-refractivity contribution >= 4 is 31.7 Å². The molecule has 0 heterocycles. The summed E-state index contributed by atoms with van der Waals surface area (Å²) >= 11 is 3.14. The lowest BCUT2D eigenvalue weighted by atomic mass is 10.2. The molecule has 5 nitrogen and oxygen atoms in total. The molecular weight excluding hydrogens is 336 g/mol. The van der Waals surface area contributed by atoms with E-state index in [9.17, 15) is 13.2 Å². The van der Waals surface area contributed by atoms with Crippen molar-refractivity contribution in [2.24, 2.45) is 0 Å². The Balaban J connectivity index is 3.00. The van der Waals surface area contributed by atoms with Crippen LogP contribution in [0.1, 0.15) is 23.7 Å². The summed E-state index contributed by atoms with van der Waals surface area (Å²) in [6.45, 7) is 2.47. The van der Waals surface area contributed by atoms with E-state index in [4.69, 9.17) is 9.84 Å². The third kappa shape index (κ3) is 4.59. The van der Waals surface area contributed by atoms with Crippen LogP contribution in [0.3, 0.4) is 0 Å². The average molecular weight is 351 g/mol. The predicted molar refractivity (Wildman–Crippen MR) is 74.3 cm³/mol. The standard InChI is InChI=1S/C12H15BrO5S/c1-2-5-18-6-7-19(16,17)11-8-9(13)3-4-10(11)12(14)15/h3-4,8H,2,5-7H2,1H3,(H,14,15). The van der Waals surface area contributed by atoms with Gasteiger partial charge < -0.3 is 9.84 Å². The lowest BCUT2D eigenvalue weighted by Gasteiger charge is -2.08. The molecule has 0 aromatic heterocycles. The molecule has 1 rings (SSSR count). The predicted octanol–water partition coefficient (Wildman–Crippen LogP) is 2.35. The summed E-state index contributed by atoms with van der Waals surface area (Å²) in [5.74, 6) is -1.50. The van der Waals surface area contributed by atoms with Gasteiger partial charge in [0, 0.05) is 11.1 Å². The number of ether oxygens (including phenoxy) is 1. The van der Waals surface area contributed by atoms with Crippen LogP contribution in [0, 0.1) is 0 Å². The number of hydrogen-bond acceptors (Lipinski definition) is 4. The number of carbonyl (C=O) groups is 1. The zero-order valence-electron chi connectivity index (χ0n) is 10.4. The van der Waals surface area contributed by atoms with E-state index >= 15 is 0 Å². The Labute approximate surface area is 120 Å². The minimum atomic E-state index is -3.67. The molecule has 0 saturated carbocycles. The zero-order valence-corrected chi connectivity index (χ0v) is 12.8. The van der Waals surface area contributed by atoms with Gasteiger partial charge in [0.25, 0.3) is 0 Å². The maximum atomic E-state index is 12.1. The summed E-state index contributed by atoms with van der Waals surface area (Å²) < 4.78 is 29.9. The van der Waals surface area contributed by atoms with Crippen molar-refractivity contribution in [2.75, 3.05) is 19.0 Å². The molecule has 0 fully saturated rings. The second-order valence-electron chi connectivity index (χ2n) is 3.88. The summed E-state index contributed by atoms with van der Waals surface area (Å²) in [4.78, 5) is 10.9. The normalized spacial score (nSPS) is 11.5. The van der Waals surface area contributed by atoms with Gasteiger partial charge in [-0.3, -0.25) is 0 Å². The fraction of sp³-hybridized carbons (Fsp3) is 0.417. The summed E-state index contributed by atoms with van der Waals surface area (Å²) in [5, 5.41) is 9.02. The van der Waals surface area contributed by atoms with E-state index in [1.807, 2.05) is 6.92 Å². The van der Waals surface area contributed by atoms with Gasteiger partial charge in [0.2, 0.25) is 0 Å². The molecule has 1 aromatic carbocycles. The molecule has 0 bridgehead atoms. The van der Waals surface area contributed by atoms with Gasteiger partial charge >= 0.3 is 5.97 Å². The minimum absolute atomic E-state index is 0.0573. The Morgan fingerprint density at radius 2 is 2.05 bits per heavy atom. The third-order valence-corrected chi connectivity index (χ3v) is 4.56. The molecule has 0 aliphatic heterocycles. The molecule has 0 spiro atoms. The van der Waals surface area contributed by atoms with Crippen LogP contribution in [-0.4, -0.2) is 38.5 Å². The van der Waals surface area contributed by atoms with Crippen molar-refractivity contribution in [3.8, 4) is 0 Å². The van der Waals surface area contributed by atoms with Crippen molar-refractivity contribution < 1.29 is 23.1 Å². The van der Waals surface area contributed by atoms with E-state index in [1.54, 1.807) is 0 Å². The highest BCUT2D eigenvalue weighted by Crippen LogP contribution is 2.22. The number of rotatable bonds is 7. The first-order valence-corrected chi connectivity index (χ1v) is 8.16. The SMILES string of the molecule is CCCOCCS(=O)(=O)c1cc(Br)ccc1C(=O)O. The van der Waals surface area contributed by atoms with Crippen LogP contribution < -0.4 is 0 Å². The van der Waals surface area contributed by atoms with E-state index in [-0.39, 0.29) is 22.8 Å². The highest BCUT2D eigenvalue weighted by atomic mass is 79.9. The Kier molecular flexibility index (Phi) is 5.96.